The van der Waals surface area contributed by atoms with Gasteiger partial charge in [-0.15, -0.1) is 0 Å². The van der Waals surface area contributed by atoms with Crippen molar-refractivity contribution < 1.29 is 0 Å². The molecule has 30 heavy (non-hydrogen) atoms. The molecule has 4 aliphatic rings. The first-order valence-corrected chi connectivity index (χ1v) is 14.3. The third-order valence-electron chi connectivity index (χ3n) is 11.6. The smallest absolute Gasteiger partial charge is 0.0360 e. The molecule has 0 nitrogen and oxygen atoms in total. The van der Waals surface area contributed by atoms with Crippen molar-refractivity contribution in [2.45, 2.75) is 119 Å². The van der Waals surface area contributed by atoms with Gasteiger partial charge in [-0.3, -0.25) is 0 Å². The van der Waals surface area contributed by atoms with Crippen LogP contribution < -0.4 is 0 Å². The third kappa shape index (κ3) is 4.98. The average molecular weight is 415 g/mol. The first-order chi connectivity index (χ1) is 14.3. The Hall–Kier alpha value is 0. The highest BCUT2D eigenvalue weighted by atomic mass is 14.5. The Balaban J connectivity index is 1.28. The maximum atomic E-state index is 2.64. The van der Waals surface area contributed by atoms with Crippen LogP contribution in [-0.4, -0.2) is 0 Å². The van der Waals surface area contributed by atoms with Crippen LogP contribution in [0.15, 0.2) is 0 Å². The molecule has 0 aromatic heterocycles. The van der Waals surface area contributed by atoms with Crippen molar-refractivity contribution in [3.05, 3.63) is 0 Å². The fraction of sp³-hybridized carbons (Fsp3) is 1.00. The second kappa shape index (κ2) is 9.87. The molecule has 4 saturated carbocycles. The largest absolute Gasteiger partial charge is 0.0625 e. The molecule has 0 amide bonds. The summed E-state index contributed by atoms with van der Waals surface area (Å²) in [5.74, 6) is 12.1. The minimum absolute atomic E-state index is 0.941. The van der Waals surface area contributed by atoms with E-state index in [0.717, 1.165) is 71.0 Å². The summed E-state index contributed by atoms with van der Waals surface area (Å²) in [4.78, 5) is 0. The van der Waals surface area contributed by atoms with Gasteiger partial charge in [-0.05, 0) is 135 Å². The quantitative estimate of drug-likeness (QED) is 0.431. The van der Waals surface area contributed by atoms with E-state index in [0.29, 0.717) is 0 Å². The van der Waals surface area contributed by atoms with Crippen LogP contribution in [-0.2, 0) is 0 Å². The average Bonchev–Trinajstić information content (AvgIpc) is 2.72. The summed E-state index contributed by atoms with van der Waals surface area (Å²) >= 11 is 0. The van der Waals surface area contributed by atoms with E-state index in [2.05, 4.69) is 41.5 Å². The zero-order valence-electron chi connectivity index (χ0n) is 21.4. The maximum Gasteiger partial charge on any atom is -0.0360 e. The van der Waals surface area contributed by atoms with Gasteiger partial charge in [-0.1, -0.05) is 54.4 Å². The molecule has 0 heteroatoms. The summed E-state index contributed by atoms with van der Waals surface area (Å²) in [6.45, 7) is 15.3. The van der Waals surface area contributed by atoms with Crippen LogP contribution in [0.3, 0.4) is 0 Å². The van der Waals surface area contributed by atoms with Crippen molar-refractivity contribution in [1.82, 2.24) is 0 Å². The molecule has 0 aliphatic heterocycles. The van der Waals surface area contributed by atoms with Crippen LogP contribution in [0.5, 0.6) is 0 Å². The minimum Gasteiger partial charge on any atom is -0.0625 e. The molecular formula is C30H54. The van der Waals surface area contributed by atoms with E-state index in [1.54, 1.807) is 51.4 Å². The normalized spacial score (nSPS) is 53.4. The Morgan fingerprint density at radius 2 is 0.800 bits per heavy atom. The maximum absolute atomic E-state index is 2.64. The molecule has 0 heterocycles. The molecule has 0 saturated heterocycles. The fourth-order valence-corrected chi connectivity index (χ4v) is 9.29. The fourth-order valence-electron chi connectivity index (χ4n) is 9.29. The van der Waals surface area contributed by atoms with Gasteiger partial charge in [0.2, 0.25) is 0 Å². The van der Waals surface area contributed by atoms with E-state index in [4.69, 9.17) is 0 Å². The molecule has 4 aliphatic carbocycles. The van der Waals surface area contributed by atoms with E-state index in [1.165, 1.54) is 25.7 Å². The predicted molar refractivity (Wildman–Crippen MR) is 131 cm³/mol. The summed E-state index contributed by atoms with van der Waals surface area (Å²) in [6, 6.07) is 0. The highest BCUT2D eigenvalue weighted by Crippen LogP contribution is 2.52. The molecule has 0 aromatic carbocycles. The van der Waals surface area contributed by atoms with Crippen LogP contribution in [0, 0.1) is 71.0 Å². The highest BCUT2D eigenvalue weighted by molar-refractivity contribution is 4.92. The molecule has 4 rings (SSSR count). The number of rotatable bonds is 3. The van der Waals surface area contributed by atoms with Crippen LogP contribution in [0.4, 0.5) is 0 Å². The van der Waals surface area contributed by atoms with Gasteiger partial charge in [0.1, 0.15) is 0 Å². The van der Waals surface area contributed by atoms with Gasteiger partial charge in [0, 0.05) is 0 Å². The van der Waals surface area contributed by atoms with Crippen molar-refractivity contribution in [1.29, 1.82) is 0 Å². The zero-order valence-corrected chi connectivity index (χ0v) is 21.4. The van der Waals surface area contributed by atoms with Gasteiger partial charge >= 0.3 is 0 Å². The zero-order chi connectivity index (χ0) is 21.4. The SMILES string of the molecule is CC1CCC(C2CCC(C3CCC(C4CC(C)C(C)C(C)C4)C(C)C3)C(C)C2)CC1. The minimum atomic E-state index is 0.941. The van der Waals surface area contributed by atoms with Gasteiger partial charge in [-0.25, -0.2) is 0 Å². The van der Waals surface area contributed by atoms with Crippen molar-refractivity contribution in [2.75, 3.05) is 0 Å². The summed E-state index contributed by atoms with van der Waals surface area (Å²) in [6.07, 6.45) is 18.5. The lowest BCUT2D eigenvalue weighted by Gasteiger charge is -2.49. The van der Waals surface area contributed by atoms with Gasteiger partial charge < -0.3 is 0 Å². The van der Waals surface area contributed by atoms with Gasteiger partial charge in [0.25, 0.3) is 0 Å². The summed E-state index contributed by atoms with van der Waals surface area (Å²) in [5, 5.41) is 0. The topological polar surface area (TPSA) is 0 Å². The summed E-state index contributed by atoms with van der Waals surface area (Å²) < 4.78 is 0. The Bertz CT molecular complexity index is 516. The standard InChI is InChI=1S/C30H54/c1-19-7-9-25(10-8-19)26-11-13-29(22(4)17-26)27-12-14-30(23(5)18-27)28-15-20(2)24(6)21(3)16-28/h19-30H,7-18H2,1-6H3. The molecular weight excluding hydrogens is 360 g/mol. The van der Waals surface area contributed by atoms with Crippen LogP contribution in [0.1, 0.15) is 119 Å². The Morgan fingerprint density at radius 3 is 1.37 bits per heavy atom. The lowest BCUT2D eigenvalue weighted by atomic mass is 9.57. The lowest BCUT2D eigenvalue weighted by molar-refractivity contribution is 0.0153. The molecule has 0 radical (unpaired) electrons. The third-order valence-corrected chi connectivity index (χ3v) is 11.6. The van der Waals surface area contributed by atoms with E-state index in [-0.39, 0.29) is 0 Å². The predicted octanol–water partition coefficient (Wildman–Crippen LogP) is 9.24. The van der Waals surface area contributed by atoms with Gasteiger partial charge in [0.05, 0.1) is 0 Å². The Kier molecular flexibility index (Phi) is 7.62. The molecule has 4 fully saturated rings. The Morgan fingerprint density at radius 1 is 0.367 bits per heavy atom. The molecule has 0 spiro atoms. The summed E-state index contributed by atoms with van der Waals surface area (Å²) in [5.41, 5.74) is 0. The molecule has 8 unspecified atom stereocenters. The molecule has 0 bridgehead atoms. The van der Waals surface area contributed by atoms with Gasteiger partial charge in [-0.2, -0.15) is 0 Å². The second-order valence-corrected chi connectivity index (χ2v) is 13.5. The molecule has 8 atom stereocenters. The van der Waals surface area contributed by atoms with E-state index in [9.17, 15) is 0 Å². The second-order valence-electron chi connectivity index (χ2n) is 13.5. The van der Waals surface area contributed by atoms with Crippen molar-refractivity contribution >= 4 is 0 Å². The van der Waals surface area contributed by atoms with E-state index < -0.39 is 0 Å². The van der Waals surface area contributed by atoms with Crippen molar-refractivity contribution in [2.24, 2.45) is 71.0 Å². The molecule has 0 N–H and O–H groups in total. The monoisotopic (exact) mass is 414 g/mol. The first-order valence-electron chi connectivity index (χ1n) is 14.3. The van der Waals surface area contributed by atoms with Crippen molar-refractivity contribution in [3.63, 3.8) is 0 Å². The molecule has 0 aromatic rings. The number of hydrogen-bond acceptors (Lipinski definition) is 0. The van der Waals surface area contributed by atoms with Crippen LogP contribution >= 0.6 is 0 Å². The van der Waals surface area contributed by atoms with Crippen LogP contribution in [0.25, 0.3) is 0 Å². The first kappa shape index (κ1) is 23.2. The van der Waals surface area contributed by atoms with Crippen LogP contribution in [0.2, 0.25) is 0 Å². The van der Waals surface area contributed by atoms with E-state index >= 15 is 0 Å². The summed E-state index contributed by atoms with van der Waals surface area (Å²) in [7, 11) is 0. The Labute approximate surface area is 189 Å². The van der Waals surface area contributed by atoms with E-state index in [1.807, 2.05) is 0 Å². The highest BCUT2D eigenvalue weighted by Gasteiger charge is 2.42. The number of hydrogen-bond donors (Lipinski definition) is 0. The lowest BCUT2D eigenvalue weighted by Crippen LogP contribution is -2.39. The molecule has 174 valence electrons. The van der Waals surface area contributed by atoms with Gasteiger partial charge in [0.15, 0.2) is 0 Å². The van der Waals surface area contributed by atoms with Crippen molar-refractivity contribution in [3.8, 4) is 0 Å².